The van der Waals surface area contributed by atoms with E-state index in [9.17, 15) is 0 Å². The number of hydrogen-bond acceptors (Lipinski definition) is 0. The lowest BCUT2D eigenvalue weighted by molar-refractivity contribution is 0.531. The van der Waals surface area contributed by atoms with Crippen LogP contribution >= 0.6 is 7.26 Å². The molecule has 0 aliphatic heterocycles. The predicted molar refractivity (Wildman–Crippen MR) is 215 cm³/mol. The first-order chi connectivity index (χ1) is 22.2. The number of unbranched alkanes of at least 4 members (excludes halogenated alkanes) is 32. The van der Waals surface area contributed by atoms with Gasteiger partial charge < -0.3 is 0 Å². The van der Waals surface area contributed by atoms with E-state index in [0.29, 0.717) is 0 Å². The van der Waals surface area contributed by atoms with Crippen molar-refractivity contribution >= 4 is 7.26 Å². The maximum Gasteiger partial charge on any atom is 0.0594 e. The molecule has 0 radical (unpaired) electrons. The fourth-order valence-electron chi connectivity index (χ4n) is 7.65. The molecule has 0 fully saturated rings. The zero-order valence-corrected chi connectivity index (χ0v) is 33.6. The standard InChI is InChI=1S/C44H92P/c1-5-9-13-15-17-19-21-23-25-27-29-31-33-35-37-39-43-45(41-11-7-3,42-12-8-4)44-40-38-36-34-32-30-28-26-24-22-20-18-16-14-10-6-2/h5-44H2,1-4H3/q+1. The van der Waals surface area contributed by atoms with Crippen molar-refractivity contribution in [2.45, 2.75) is 259 Å². The van der Waals surface area contributed by atoms with Gasteiger partial charge in [0.2, 0.25) is 0 Å². The maximum absolute atomic E-state index is 2.43. The lowest BCUT2D eigenvalue weighted by atomic mass is 10.0. The van der Waals surface area contributed by atoms with Crippen molar-refractivity contribution in [1.29, 1.82) is 0 Å². The molecule has 45 heavy (non-hydrogen) atoms. The molecule has 0 aromatic carbocycles. The number of rotatable bonds is 40. The minimum atomic E-state index is -0.706. The van der Waals surface area contributed by atoms with Crippen LogP contribution < -0.4 is 0 Å². The second kappa shape index (κ2) is 38.9. The smallest absolute Gasteiger partial charge is 0.0594 e. The van der Waals surface area contributed by atoms with E-state index in [1.807, 2.05) is 0 Å². The van der Waals surface area contributed by atoms with Crippen LogP contribution in [-0.2, 0) is 0 Å². The van der Waals surface area contributed by atoms with Gasteiger partial charge in [-0.1, -0.05) is 220 Å². The highest BCUT2D eigenvalue weighted by Crippen LogP contribution is 2.61. The molecule has 0 aromatic rings. The summed E-state index contributed by atoms with van der Waals surface area (Å²) in [6.45, 7) is 9.49. The summed E-state index contributed by atoms with van der Waals surface area (Å²) in [6, 6.07) is 0. The first-order valence-corrected chi connectivity index (χ1v) is 24.6. The first-order valence-electron chi connectivity index (χ1n) is 22.1. The highest BCUT2D eigenvalue weighted by atomic mass is 31.2. The van der Waals surface area contributed by atoms with Crippen molar-refractivity contribution in [2.24, 2.45) is 0 Å². The summed E-state index contributed by atoms with van der Waals surface area (Å²) >= 11 is 0. The highest BCUT2D eigenvalue weighted by molar-refractivity contribution is 7.75. The predicted octanol–water partition coefficient (Wildman–Crippen LogP) is 17.1. The van der Waals surface area contributed by atoms with E-state index >= 15 is 0 Å². The van der Waals surface area contributed by atoms with Crippen molar-refractivity contribution in [2.75, 3.05) is 24.6 Å². The molecule has 0 spiro atoms. The van der Waals surface area contributed by atoms with Gasteiger partial charge in [-0.05, 0) is 38.5 Å². The normalized spacial score (nSPS) is 12.0. The number of hydrogen-bond donors (Lipinski definition) is 0. The van der Waals surface area contributed by atoms with E-state index in [-0.39, 0.29) is 0 Å². The van der Waals surface area contributed by atoms with E-state index in [0.717, 1.165) is 0 Å². The SMILES string of the molecule is CCCCCCCCCCCCCCCCCC[P+](CCCC)(CCCC)CCCCCCCCCCCCCCCCCC. The quantitative estimate of drug-likeness (QED) is 0.0457. The summed E-state index contributed by atoms with van der Waals surface area (Å²) in [5.74, 6) is 0. The monoisotopic (exact) mass is 652 g/mol. The summed E-state index contributed by atoms with van der Waals surface area (Å²) in [4.78, 5) is 0. The lowest BCUT2D eigenvalue weighted by Gasteiger charge is -2.28. The Bertz CT molecular complexity index is 467. The molecule has 0 N–H and O–H groups in total. The van der Waals surface area contributed by atoms with E-state index in [1.165, 1.54) is 218 Å². The van der Waals surface area contributed by atoms with Crippen molar-refractivity contribution < 1.29 is 0 Å². The Morgan fingerprint density at radius 2 is 0.333 bits per heavy atom. The molecule has 0 saturated heterocycles. The molecule has 0 atom stereocenters. The van der Waals surface area contributed by atoms with Crippen LogP contribution in [0.1, 0.15) is 259 Å². The maximum atomic E-state index is 2.43. The summed E-state index contributed by atoms with van der Waals surface area (Å²) < 4.78 is 0. The largest absolute Gasteiger partial charge is 0.0654 e. The van der Waals surface area contributed by atoms with Crippen LogP contribution in [0.2, 0.25) is 0 Å². The second-order valence-corrected chi connectivity index (χ2v) is 20.0. The van der Waals surface area contributed by atoms with E-state index in [1.54, 1.807) is 37.5 Å². The molecule has 272 valence electrons. The Kier molecular flexibility index (Phi) is 39.2. The molecule has 0 saturated carbocycles. The third kappa shape index (κ3) is 34.1. The molecule has 0 nitrogen and oxygen atoms in total. The zero-order chi connectivity index (χ0) is 32.8. The second-order valence-electron chi connectivity index (χ2n) is 15.5. The van der Waals surface area contributed by atoms with Gasteiger partial charge in [-0.15, -0.1) is 0 Å². The third-order valence-corrected chi connectivity index (χ3v) is 16.0. The van der Waals surface area contributed by atoms with Gasteiger partial charge in [0, 0.05) is 7.26 Å². The minimum Gasteiger partial charge on any atom is -0.0654 e. The Morgan fingerprint density at radius 1 is 0.178 bits per heavy atom. The van der Waals surface area contributed by atoms with E-state index in [4.69, 9.17) is 0 Å². The van der Waals surface area contributed by atoms with Crippen LogP contribution in [0.15, 0.2) is 0 Å². The van der Waals surface area contributed by atoms with Gasteiger partial charge in [-0.3, -0.25) is 0 Å². The Hall–Kier alpha value is 0.430. The molecule has 0 aromatic heterocycles. The summed E-state index contributed by atoms with van der Waals surface area (Å²) in [5, 5.41) is 0. The molecule has 0 amide bonds. The molecular weight excluding hydrogens is 559 g/mol. The van der Waals surface area contributed by atoms with Gasteiger partial charge in [0.05, 0.1) is 24.6 Å². The van der Waals surface area contributed by atoms with Gasteiger partial charge in [-0.25, -0.2) is 0 Å². The molecule has 0 heterocycles. The summed E-state index contributed by atoms with van der Waals surface area (Å²) in [7, 11) is -0.706. The lowest BCUT2D eigenvalue weighted by Crippen LogP contribution is -2.13. The summed E-state index contributed by atoms with van der Waals surface area (Å²) in [6.07, 6.45) is 60.0. The van der Waals surface area contributed by atoms with Gasteiger partial charge in [0.15, 0.2) is 0 Å². The summed E-state index contributed by atoms with van der Waals surface area (Å²) in [5.41, 5.74) is 0. The van der Waals surface area contributed by atoms with Crippen LogP contribution in [0.25, 0.3) is 0 Å². The van der Waals surface area contributed by atoms with Crippen LogP contribution in [0.3, 0.4) is 0 Å². The van der Waals surface area contributed by atoms with Crippen molar-refractivity contribution in [3.05, 3.63) is 0 Å². The topological polar surface area (TPSA) is 0 Å². The molecule has 1 heteroatoms. The van der Waals surface area contributed by atoms with E-state index in [2.05, 4.69) is 27.7 Å². The molecule has 0 rings (SSSR count). The van der Waals surface area contributed by atoms with Gasteiger partial charge in [0.25, 0.3) is 0 Å². The van der Waals surface area contributed by atoms with Gasteiger partial charge in [0.1, 0.15) is 0 Å². The Balaban J connectivity index is 3.92. The van der Waals surface area contributed by atoms with Crippen molar-refractivity contribution in [1.82, 2.24) is 0 Å². The van der Waals surface area contributed by atoms with Crippen LogP contribution in [0, 0.1) is 0 Å². The first kappa shape index (κ1) is 45.4. The fraction of sp³-hybridized carbons (Fsp3) is 1.00. The zero-order valence-electron chi connectivity index (χ0n) is 32.7. The highest BCUT2D eigenvalue weighted by Gasteiger charge is 2.34. The molecule has 0 bridgehead atoms. The molecule has 0 aliphatic rings. The third-order valence-electron chi connectivity index (χ3n) is 10.9. The van der Waals surface area contributed by atoms with Crippen molar-refractivity contribution in [3.8, 4) is 0 Å². The average molecular weight is 652 g/mol. The van der Waals surface area contributed by atoms with Crippen molar-refractivity contribution in [3.63, 3.8) is 0 Å². The van der Waals surface area contributed by atoms with Crippen LogP contribution in [-0.4, -0.2) is 24.6 Å². The molecule has 0 aliphatic carbocycles. The minimum absolute atomic E-state index is 0.706. The van der Waals surface area contributed by atoms with Gasteiger partial charge in [-0.2, -0.15) is 0 Å². The van der Waals surface area contributed by atoms with Crippen LogP contribution in [0.5, 0.6) is 0 Å². The molecule has 0 unspecified atom stereocenters. The van der Waals surface area contributed by atoms with Gasteiger partial charge >= 0.3 is 0 Å². The van der Waals surface area contributed by atoms with Crippen LogP contribution in [0.4, 0.5) is 0 Å². The Morgan fingerprint density at radius 3 is 0.533 bits per heavy atom. The average Bonchev–Trinajstić information content (AvgIpc) is 3.05. The van der Waals surface area contributed by atoms with E-state index < -0.39 is 7.26 Å². The fourth-order valence-corrected chi connectivity index (χ4v) is 12.8. The molecular formula is C44H92P+. The Labute approximate surface area is 290 Å².